The molecule has 0 spiro atoms. The van der Waals surface area contributed by atoms with E-state index in [9.17, 15) is 4.79 Å². The van der Waals surface area contributed by atoms with Gasteiger partial charge in [-0.15, -0.1) is 11.3 Å². The Bertz CT molecular complexity index is 612. The van der Waals surface area contributed by atoms with Crippen LogP contribution < -0.4 is 5.32 Å². The number of carboxylic acid groups (broad SMARTS) is 1. The van der Waals surface area contributed by atoms with E-state index < -0.39 is 5.97 Å². The maximum absolute atomic E-state index is 11.0. The van der Waals surface area contributed by atoms with E-state index in [-0.39, 0.29) is 16.8 Å². The minimum Gasteiger partial charge on any atom is -0.478 e. The fraction of sp³-hybridized carbons (Fsp3) is 0.231. The number of nitrogens with zero attached hydrogens (tertiary/aromatic N) is 1. The lowest BCUT2D eigenvalue weighted by molar-refractivity contribution is 0.0697. The van der Waals surface area contributed by atoms with Crippen molar-refractivity contribution in [2.75, 3.05) is 5.32 Å². The zero-order valence-corrected chi connectivity index (χ0v) is 12.0. The van der Waals surface area contributed by atoms with Gasteiger partial charge in [0.25, 0.3) is 0 Å². The molecule has 4 nitrogen and oxygen atoms in total. The molecule has 0 saturated carbocycles. The van der Waals surface area contributed by atoms with Crippen LogP contribution in [-0.2, 0) is 0 Å². The maximum Gasteiger partial charge on any atom is 0.335 e. The van der Waals surface area contributed by atoms with E-state index in [2.05, 4.69) is 10.3 Å². The van der Waals surface area contributed by atoms with E-state index in [0.717, 1.165) is 4.88 Å². The van der Waals surface area contributed by atoms with Crippen LogP contribution in [0.3, 0.4) is 0 Å². The van der Waals surface area contributed by atoms with Gasteiger partial charge in [-0.05, 0) is 38.1 Å². The van der Waals surface area contributed by atoms with Gasteiger partial charge in [-0.2, -0.15) is 0 Å². The van der Waals surface area contributed by atoms with Crippen LogP contribution in [0.1, 0.15) is 33.1 Å². The number of pyridine rings is 1. The number of carbonyl (C=O) groups is 1. The highest BCUT2D eigenvalue weighted by atomic mass is 35.5. The van der Waals surface area contributed by atoms with Gasteiger partial charge in [-0.25, -0.2) is 9.78 Å². The molecule has 6 heteroatoms. The Kier molecular flexibility index (Phi) is 4.07. The maximum atomic E-state index is 11.0. The molecular formula is C13H13ClN2O2S. The van der Waals surface area contributed by atoms with Crippen LogP contribution in [0.25, 0.3) is 0 Å². The van der Waals surface area contributed by atoms with Gasteiger partial charge < -0.3 is 10.4 Å². The smallest absolute Gasteiger partial charge is 0.335 e. The molecule has 2 aromatic heterocycles. The largest absolute Gasteiger partial charge is 0.478 e. The molecule has 0 fully saturated rings. The molecule has 0 aliphatic rings. The molecule has 1 unspecified atom stereocenters. The predicted octanol–water partition coefficient (Wildman–Crippen LogP) is 3.98. The first kappa shape index (κ1) is 13.8. The quantitative estimate of drug-likeness (QED) is 0.838. The van der Waals surface area contributed by atoms with Crippen LogP contribution in [0.15, 0.2) is 24.3 Å². The monoisotopic (exact) mass is 296 g/mol. The number of aryl methyl sites for hydroxylation is 1. The lowest BCUT2D eigenvalue weighted by Crippen LogP contribution is -2.08. The summed E-state index contributed by atoms with van der Waals surface area (Å²) in [6.45, 7) is 4.04. The van der Waals surface area contributed by atoms with Crippen molar-refractivity contribution in [3.63, 3.8) is 0 Å². The van der Waals surface area contributed by atoms with Gasteiger partial charge in [0.1, 0.15) is 11.0 Å². The Hall–Kier alpha value is -1.59. The van der Waals surface area contributed by atoms with E-state index in [1.54, 1.807) is 11.3 Å². The van der Waals surface area contributed by atoms with Crippen molar-refractivity contribution in [3.05, 3.63) is 44.7 Å². The molecule has 0 saturated heterocycles. The third-order valence-electron chi connectivity index (χ3n) is 2.59. The first-order valence-corrected chi connectivity index (χ1v) is 6.89. The highest BCUT2D eigenvalue weighted by molar-refractivity contribution is 7.12. The van der Waals surface area contributed by atoms with Crippen molar-refractivity contribution in [1.82, 2.24) is 4.98 Å². The third kappa shape index (κ3) is 3.45. The Balaban J connectivity index is 2.21. The molecule has 2 aromatic rings. The lowest BCUT2D eigenvalue weighted by Gasteiger charge is -2.13. The number of nitrogens with one attached hydrogen (secondary N) is 1. The van der Waals surface area contributed by atoms with Gasteiger partial charge in [0.2, 0.25) is 0 Å². The number of halogens is 1. The summed E-state index contributed by atoms with van der Waals surface area (Å²) in [5, 5.41) is 12.3. The van der Waals surface area contributed by atoms with Gasteiger partial charge in [0.15, 0.2) is 0 Å². The molecule has 2 heterocycles. The van der Waals surface area contributed by atoms with Gasteiger partial charge in [-0.3, -0.25) is 0 Å². The Morgan fingerprint density at radius 1 is 1.47 bits per heavy atom. The van der Waals surface area contributed by atoms with Crippen LogP contribution in [0, 0.1) is 6.92 Å². The predicted molar refractivity (Wildman–Crippen MR) is 77.3 cm³/mol. The second-order valence-corrected chi connectivity index (χ2v) is 5.89. The van der Waals surface area contributed by atoms with Crippen LogP contribution in [0.2, 0.25) is 5.15 Å². The summed E-state index contributed by atoms with van der Waals surface area (Å²) in [6, 6.07) is 6.94. The highest BCUT2D eigenvalue weighted by Gasteiger charge is 2.11. The van der Waals surface area contributed by atoms with Crippen LogP contribution in [0.4, 0.5) is 5.82 Å². The highest BCUT2D eigenvalue weighted by Crippen LogP contribution is 2.26. The number of carboxylic acids is 1. The number of aromatic nitrogens is 1. The zero-order valence-electron chi connectivity index (χ0n) is 10.5. The zero-order chi connectivity index (χ0) is 14.0. The molecule has 2 rings (SSSR count). The molecule has 0 aliphatic carbocycles. The first-order valence-electron chi connectivity index (χ1n) is 5.69. The molecule has 0 amide bonds. The van der Waals surface area contributed by atoms with Gasteiger partial charge in [0, 0.05) is 9.75 Å². The van der Waals surface area contributed by atoms with E-state index >= 15 is 0 Å². The average Bonchev–Trinajstić information content (AvgIpc) is 2.75. The summed E-state index contributed by atoms with van der Waals surface area (Å²) in [4.78, 5) is 17.4. The number of rotatable bonds is 4. The molecule has 0 radical (unpaired) electrons. The summed E-state index contributed by atoms with van der Waals surface area (Å²) in [5.41, 5.74) is 0.122. The molecular weight excluding hydrogens is 284 g/mol. The molecule has 19 heavy (non-hydrogen) atoms. The molecule has 0 aromatic carbocycles. The van der Waals surface area contributed by atoms with E-state index in [1.165, 1.54) is 17.0 Å². The second-order valence-electron chi connectivity index (χ2n) is 4.18. The Labute approximate surface area is 120 Å². The van der Waals surface area contributed by atoms with Gasteiger partial charge in [-0.1, -0.05) is 11.6 Å². The summed E-state index contributed by atoms with van der Waals surface area (Å²) in [5.74, 6) is -0.560. The summed E-state index contributed by atoms with van der Waals surface area (Å²) < 4.78 is 0. The SMILES string of the molecule is Cc1ccc(C(C)Nc2cc(C(=O)O)cc(Cl)n2)s1. The summed E-state index contributed by atoms with van der Waals surface area (Å²) >= 11 is 7.51. The van der Waals surface area contributed by atoms with Crippen molar-refractivity contribution in [2.45, 2.75) is 19.9 Å². The molecule has 2 N–H and O–H groups in total. The van der Waals surface area contributed by atoms with Crippen molar-refractivity contribution >= 4 is 34.7 Å². The molecule has 0 aliphatic heterocycles. The van der Waals surface area contributed by atoms with Crippen LogP contribution in [0.5, 0.6) is 0 Å². The standard InChI is InChI=1S/C13H13ClN2O2S/c1-7-3-4-10(19-7)8(2)15-12-6-9(13(17)18)5-11(14)16-12/h3-6,8H,1-2H3,(H,15,16)(H,17,18). The van der Waals surface area contributed by atoms with Crippen molar-refractivity contribution < 1.29 is 9.90 Å². The van der Waals surface area contributed by atoms with E-state index in [1.807, 2.05) is 26.0 Å². The van der Waals surface area contributed by atoms with E-state index in [0.29, 0.717) is 5.82 Å². The second kappa shape index (κ2) is 5.59. The fourth-order valence-corrected chi connectivity index (χ4v) is 2.76. The van der Waals surface area contributed by atoms with Crippen LogP contribution in [-0.4, -0.2) is 16.1 Å². The molecule has 1 atom stereocenters. The number of anilines is 1. The third-order valence-corrected chi connectivity index (χ3v) is 3.97. The van der Waals surface area contributed by atoms with E-state index in [4.69, 9.17) is 16.7 Å². The summed E-state index contributed by atoms with van der Waals surface area (Å²) in [6.07, 6.45) is 0. The van der Waals surface area contributed by atoms with Crippen molar-refractivity contribution in [3.8, 4) is 0 Å². The Morgan fingerprint density at radius 2 is 2.21 bits per heavy atom. The van der Waals surface area contributed by atoms with Crippen molar-refractivity contribution in [1.29, 1.82) is 0 Å². The lowest BCUT2D eigenvalue weighted by atomic mass is 10.2. The van der Waals surface area contributed by atoms with Gasteiger partial charge >= 0.3 is 5.97 Å². The van der Waals surface area contributed by atoms with Crippen molar-refractivity contribution in [2.24, 2.45) is 0 Å². The average molecular weight is 297 g/mol. The summed E-state index contributed by atoms with van der Waals surface area (Å²) in [7, 11) is 0. The number of hydrogen-bond donors (Lipinski definition) is 2. The van der Waals surface area contributed by atoms with Gasteiger partial charge in [0.05, 0.1) is 11.6 Å². The topological polar surface area (TPSA) is 62.2 Å². The number of thiophene rings is 1. The Morgan fingerprint density at radius 3 is 2.79 bits per heavy atom. The minimum absolute atomic E-state index is 0.0475. The first-order chi connectivity index (χ1) is 8.95. The number of aromatic carboxylic acids is 1. The fourth-order valence-electron chi connectivity index (χ4n) is 1.67. The van der Waals surface area contributed by atoms with Crippen LogP contribution >= 0.6 is 22.9 Å². The minimum atomic E-state index is -1.02. The molecule has 100 valence electrons. The molecule has 0 bridgehead atoms. The number of hydrogen-bond acceptors (Lipinski definition) is 4. The normalized spacial score (nSPS) is 12.2.